The number of carbonyl (C=O) groups excluding carboxylic acids is 1. The quantitative estimate of drug-likeness (QED) is 0.0767. The van der Waals surface area contributed by atoms with Crippen LogP contribution in [0.1, 0.15) is 116 Å². The van der Waals surface area contributed by atoms with E-state index in [0.29, 0.717) is 6.42 Å². The highest BCUT2D eigenvalue weighted by Crippen LogP contribution is 2.38. The van der Waals surface area contributed by atoms with Gasteiger partial charge in [0.05, 0.1) is 6.61 Å². The molecule has 0 aromatic heterocycles. The van der Waals surface area contributed by atoms with Gasteiger partial charge in [0.25, 0.3) is 0 Å². The smallest absolute Gasteiger partial charge is 0.395 e. The summed E-state index contributed by atoms with van der Waals surface area (Å²) in [7, 11) is -4.35. The van der Waals surface area contributed by atoms with Crippen molar-refractivity contribution in [3.8, 4) is 0 Å². The number of aliphatic hydroxyl groups excluding tert-OH is 3. The molecule has 3 unspecified atom stereocenters. The molecule has 0 fully saturated rings. The van der Waals surface area contributed by atoms with E-state index in [0.717, 1.165) is 19.3 Å². The maximum atomic E-state index is 11.9. The first-order chi connectivity index (χ1) is 15.3. The minimum absolute atomic E-state index is 0.200. The fourth-order valence-corrected chi connectivity index (χ4v) is 4.47. The van der Waals surface area contributed by atoms with Gasteiger partial charge in [-0.25, -0.2) is 9.65 Å². The molecule has 0 aliphatic rings. The van der Waals surface area contributed by atoms with E-state index in [4.69, 9.17) is 5.11 Å². The summed E-state index contributed by atoms with van der Waals surface area (Å²) in [6, 6.07) is 0. The lowest BCUT2D eigenvalue weighted by molar-refractivity contribution is -0.134. The van der Waals surface area contributed by atoms with E-state index >= 15 is 0 Å². The van der Waals surface area contributed by atoms with Gasteiger partial charge in [-0.1, -0.05) is 96.8 Å². The molecule has 0 heterocycles. The molecule has 0 aromatic rings. The number of aliphatic hydroxyl groups is 3. The molecule has 5 N–H and O–H groups in total. The van der Waals surface area contributed by atoms with Gasteiger partial charge in [0.15, 0.2) is 6.29 Å². The molecular weight excluding hydrogens is 433 g/mol. The first-order valence-corrected chi connectivity index (χ1v) is 14.1. The lowest BCUT2D eigenvalue weighted by atomic mass is 10.0. The molecular formula is C23H48NO7P. The number of unbranched alkanes of at least 4 members (excludes halogenated alkanes) is 14. The third-order valence-electron chi connectivity index (χ3n) is 5.50. The van der Waals surface area contributed by atoms with Crippen LogP contribution in [-0.2, 0) is 13.9 Å². The minimum Gasteiger partial charge on any atom is -0.395 e. The molecule has 32 heavy (non-hydrogen) atoms. The second-order valence-electron chi connectivity index (χ2n) is 8.66. The number of Topliss-reactive ketones (excluding diaryl/α,β-unsaturated/α-hetero) is 1. The predicted molar refractivity (Wildman–Crippen MR) is 127 cm³/mol. The van der Waals surface area contributed by atoms with Gasteiger partial charge in [-0.05, 0) is 6.42 Å². The molecule has 9 heteroatoms. The Morgan fingerprint density at radius 1 is 0.844 bits per heavy atom. The molecule has 192 valence electrons. The molecule has 0 aliphatic carbocycles. The number of nitrogens with one attached hydrogen (secondary N) is 1. The van der Waals surface area contributed by atoms with E-state index in [2.05, 4.69) is 11.4 Å². The summed E-state index contributed by atoms with van der Waals surface area (Å²) >= 11 is 0. The fraction of sp³-hybridized carbons (Fsp3) is 0.957. The van der Waals surface area contributed by atoms with Gasteiger partial charge in [-0.3, -0.25) is 9.32 Å². The van der Waals surface area contributed by atoms with E-state index < -0.39 is 20.1 Å². The second kappa shape index (κ2) is 21.2. The van der Waals surface area contributed by atoms with Crippen LogP contribution in [-0.4, -0.2) is 51.5 Å². The molecule has 0 aliphatic heterocycles. The molecule has 0 rings (SSSR count). The SMILES string of the molecule is CCCCCCCCCCCCCCCCCC(=O)CC(O)C(O)OP(=O)(O)NCCO. The van der Waals surface area contributed by atoms with Crippen LogP contribution >= 0.6 is 7.75 Å². The minimum atomic E-state index is -4.35. The predicted octanol–water partition coefficient (Wildman–Crippen LogP) is 4.59. The molecule has 0 radical (unpaired) electrons. The largest absolute Gasteiger partial charge is 0.405 e. The van der Waals surface area contributed by atoms with Gasteiger partial charge < -0.3 is 20.2 Å². The maximum absolute atomic E-state index is 11.9. The second-order valence-corrected chi connectivity index (χ2v) is 10.2. The molecule has 3 atom stereocenters. The number of rotatable bonds is 24. The highest BCUT2D eigenvalue weighted by molar-refractivity contribution is 7.50. The zero-order valence-electron chi connectivity index (χ0n) is 20.1. The Labute approximate surface area is 194 Å². The summed E-state index contributed by atoms with van der Waals surface area (Å²) in [6.45, 7) is 1.66. The van der Waals surface area contributed by atoms with Gasteiger partial charge in [0, 0.05) is 19.4 Å². The van der Waals surface area contributed by atoms with Crippen molar-refractivity contribution >= 4 is 13.5 Å². The van der Waals surface area contributed by atoms with Crippen molar-refractivity contribution in [1.82, 2.24) is 5.09 Å². The summed E-state index contributed by atoms with van der Waals surface area (Å²) in [4.78, 5) is 21.3. The average Bonchev–Trinajstić information content (AvgIpc) is 2.74. The molecule has 8 nitrogen and oxygen atoms in total. The van der Waals surface area contributed by atoms with Crippen LogP contribution in [0.5, 0.6) is 0 Å². The van der Waals surface area contributed by atoms with E-state index in [9.17, 15) is 24.5 Å². The lowest BCUT2D eigenvalue weighted by Crippen LogP contribution is -2.32. The molecule has 0 amide bonds. The average molecular weight is 482 g/mol. The zero-order chi connectivity index (χ0) is 24.1. The number of ketones is 1. The summed E-state index contributed by atoms with van der Waals surface area (Å²) < 4.78 is 16.0. The van der Waals surface area contributed by atoms with Crippen molar-refractivity contribution in [3.63, 3.8) is 0 Å². The topological polar surface area (TPSA) is 136 Å². The first-order valence-electron chi connectivity index (χ1n) is 12.6. The van der Waals surface area contributed by atoms with E-state index in [1.165, 1.54) is 77.0 Å². The molecule has 0 saturated carbocycles. The number of hydrogen-bond donors (Lipinski definition) is 5. The van der Waals surface area contributed by atoms with E-state index in [-0.39, 0.29) is 25.4 Å². The summed E-state index contributed by atoms with van der Waals surface area (Å²) in [6.07, 6.45) is 15.1. The Kier molecular flexibility index (Phi) is 21.0. The first kappa shape index (κ1) is 31.7. The highest BCUT2D eigenvalue weighted by atomic mass is 31.2. The normalized spacial score (nSPS) is 15.4. The highest BCUT2D eigenvalue weighted by Gasteiger charge is 2.29. The Morgan fingerprint density at radius 2 is 1.28 bits per heavy atom. The van der Waals surface area contributed by atoms with Gasteiger partial charge in [-0.15, -0.1) is 0 Å². The number of carbonyl (C=O) groups is 1. The molecule has 0 saturated heterocycles. The zero-order valence-corrected chi connectivity index (χ0v) is 20.9. The molecule has 0 aromatic carbocycles. The Hall–Kier alpha value is -0.340. The standard InChI is InChI=1S/C23H48NO7P/c1-2-3-4-5-6-7-8-9-10-11-12-13-14-15-16-17-21(26)20-22(27)23(28)31-32(29,30)24-18-19-25/h22-23,25,27-28H,2-20H2,1H3,(H2,24,29,30). The van der Waals surface area contributed by atoms with Gasteiger partial charge in [0.2, 0.25) is 0 Å². The van der Waals surface area contributed by atoms with Crippen LogP contribution in [0.25, 0.3) is 0 Å². The van der Waals surface area contributed by atoms with Crippen molar-refractivity contribution in [2.45, 2.75) is 128 Å². The molecule has 0 spiro atoms. The van der Waals surface area contributed by atoms with Gasteiger partial charge >= 0.3 is 7.75 Å². The van der Waals surface area contributed by atoms with Crippen LogP contribution in [0.15, 0.2) is 0 Å². The maximum Gasteiger partial charge on any atom is 0.405 e. The Morgan fingerprint density at radius 3 is 1.72 bits per heavy atom. The van der Waals surface area contributed by atoms with Crippen LogP contribution in [0.4, 0.5) is 0 Å². The van der Waals surface area contributed by atoms with Crippen molar-refractivity contribution in [1.29, 1.82) is 0 Å². The third-order valence-corrected chi connectivity index (χ3v) is 6.62. The Balaban J connectivity index is 3.56. The number of hydrogen-bond acceptors (Lipinski definition) is 6. The Bertz CT molecular complexity index is 493. The van der Waals surface area contributed by atoms with Crippen molar-refractivity contribution < 1.29 is 34.1 Å². The van der Waals surface area contributed by atoms with Crippen LogP contribution < -0.4 is 5.09 Å². The van der Waals surface area contributed by atoms with Crippen molar-refractivity contribution in [2.24, 2.45) is 0 Å². The van der Waals surface area contributed by atoms with E-state index in [1.54, 1.807) is 0 Å². The monoisotopic (exact) mass is 481 g/mol. The summed E-state index contributed by atoms with van der Waals surface area (Å²) in [5.41, 5.74) is 0. The van der Waals surface area contributed by atoms with Crippen LogP contribution in [0.3, 0.4) is 0 Å². The fourth-order valence-electron chi connectivity index (χ4n) is 3.57. The lowest BCUT2D eigenvalue weighted by Gasteiger charge is -2.21. The summed E-state index contributed by atoms with van der Waals surface area (Å²) in [5.74, 6) is -0.217. The van der Waals surface area contributed by atoms with Crippen molar-refractivity contribution in [3.05, 3.63) is 0 Å². The van der Waals surface area contributed by atoms with E-state index in [1.807, 2.05) is 5.09 Å². The summed E-state index contributed by atoms with van der Waals surface area (Å²) in [5, 5.41) is 30.1. The van der Waals surface area contributed by atoms with Gasteiger partial charge in [0.1, 0.15) is 11.9 Å². The van der Waals surface area contributed by atoms with Crippen LogP contribution in [0.2, 0.25) is 0 Å². The van der Waals surface area contributed by atoms with Crippen molar-refractivity contribution in [2.75, 3.05) is 13.2 Å². The van der Waals surface area contributed by atoms with Crippen LogP contribution in [0, 0.1) is 0 Å². The third kappa shape index (κ3) is 20.3. The molecule has 0 bridgehead atoms. The van der Waals surface area contributed by atoms with Gasteiger partial charge in [-0.2, -0.15) is 0 Å².